The van der Waals surface area contributed by atoms with Crippen LogP contribution in [0.5, 0.6) is 0 Å². The lowest BCUT2D eigenvalue weighted by molar-refractivity contribution is 0.188. The summed E-state index contributed by atoms with van der Waals surface area (Å²) in [5.41, 5.74) is 1.00. The van der Waals surface area contributed by atoms with E-state index in [1.54, 1.807) is 13.3 Å². The molecule has 0 aromatic carbocycles. The Bertz CT molecular complexity index is 711. The average molecular weight is 399 g/mol. The maximum Gasteiger partial charge on any atom is 0.228 e. The SMILES string of the molecule is COCCCn1c(CN2CC[C@@H](N(C)C)C2)cnc1S(=O)(=O)C1CCCC1. The Morgan fingerprint density at radius 1 is 1.26 bits per heavy atom. The van der Waals surface area contributed by atoms with Crippen molar-refractivity contribution in [2.24, 2.45) is 0 Å². The number of rotatable bonds is 9. The van der Waals surface area contributed by atoms with Gasteiger partial charge >= 0.3 is 0 Å². The van der Waals surface area contributed by atoms with Crippen LogP contribution in [0.15, 0.2) is 11.4 Å². The smallest absolute Gasteiger partial charge is 0.228 e. The lowest BCUT2D eigenvalue weighted by Gasteiger charge is -2.21. The van der Waals surface area contributed by atoms with Gasteiger partial charge in [0.1, 0.15) is 0 Å². The zero-order valence-corrected chi connectivity index (χ0v) is 17.7. The summed E-state index contributed by atoms with van der Waals surface area (Å²) < 4.78 is 33.4. The van der Waals surface area contributed by atoms with E-state index in [1.807, 2.05) is 4.57 Å². The molecule has 0 spiro atoms. The Morgan fingerprint density at radius 2 is 2.00 bits per heavy atom. The average Bonchev–Trinajstić information content (AvgIpc) is 3.37. The molecule has 1 aromatic heterocycles. The first-order chi connectivity index (χ1) is 12.9. The third-order valence-corrected chi connectivity index (χ3v) is 8.17. The summed E-state index contributed by atoms with van der Waals surface area (Å²) in [4.78, 5) is 9.08. The molecule has 0 radical (unpaired) electrons. The maximum atomic E-state index is 13.1. The molecule has 1 aliphatic heterocycles. The second kappa shape index (κ2) is 9.03. The number of aromatic nitrogens is 2. The number of hydrogen-bond acceptors (Lipinski definition) is 6. The first kappa shape index (κ1) is 20.8. The molecule has 3 rings (SSSR count). The highest BCUT2D eigenvalue weighted by Gasteiger charge is 2.35. The largest absolute Gasteiger partial charge is 0.385 e. The number of hydrogen-bond donors (Lipinski definition) is 0. The van der Waals surface area contributed by atoms with E-state index < -0.39 is 9.84 Å². The van der Waals surface area contributed by atoms with Crippen molar-refractivity contribution in [1.82, 2.24) is 19.4 Å². The second-order valence-electron chi connectivity index (χ2n) is 8.12. The van der Waals surface area contributed by atoms with Crippen molar-refractivity contribution < 1.29 is 13.2 Å². The predicted octanol–water partition coefficient (Wildman–Crippen LogP) is 1.77. The molecule has 0 amide bonds. The van der Waals surface area contributed by atoms with Crippen molar-refractivity contribution >= 4 is 9.84 Å². The van der Waals surface area contributed by atoms with Gasteiger partial charge in [-0.1, -0.05) is 12.8 Å². The van der Waals surface area contributed by atoms with Crippen molar-refractivity contribution in [3.63, 3.8) is 0 Å². The Morgan fingerprint density at radius 3 is 2.63 bits per heavy atom. The van der Waals surface area contributed by atoms with Gasteiger partial charge in [0.15, 0.2) is 0 Å². The van der Waals surface area contributed by atoms with Crippen LogP contribution in [0, 0.1) is 0 Å². The van der Waals surface area contributed by atoms with Crippen molar-refractivity contribution in [2.45, 2.75) is 68.1 Å². The van der Waals surface area contributed by atoms with E-state index in [0.717, 1.165) is 63.9 Å². The maximum absolute atomic E-state index is 13.1. The van der Waals surface area contributed by atoms with E-state index in [0.29, 0.717) is 19.2 Å². The van der Waals surface area contributed by atoms with Crippen LogP contribution in [0.25, 0.3) is 0 Å². The molecule has 1 aromatic rings. The fourth-order valence-electron chi connectivity index (χ4n) is 4.31. The summed E-state index contributed by atoms with van der Waals surface area (Å²) in [5.74, 6) is 0. The number of likely N-dealkylation sites (N-methyl/N-ethyl adjacent to an activating group) is 1. The lowest BCUT2D eigenvalue weighted by Crippen LogP contribution is -2.31. The minimum Gasteiger partial charge on any atom is -0.385 e. The highest BCUT2D eigenvalue weighted by atomic mass is 32.2. The van der Waals surface area contributed by atoms with Gasteiger partial charge in [-0.15, -0.1) is 0 Å². The molecular weight excluding hydrogens is 364 g/mol. The van der Waals surface area contributed by atoms with Crippen LogP contribution in [-0.2, 0) is 27.7 Å². The summed E-state index contributed by atoms with van der Waals surface area (Å²) >= 11 is 0. The van der Waals surface area contributed by atoms with E-state index in [9.17, 15) is 8.42 Å². The van der Waals surface area contributed by atoms with Gasteiger partial charge in [-0.2, -0.15) is 0 Å². The molecule has 0 N–H and O–H groups in total. The van der Waals surface area contributed by atoms with Crippen LogP contribution in [0.1, 0.15) is 44.2 Å². The van der Waals surface area contributed by atoms with E-state index in [4.69, 9.17) is 4.74 Å². The van der Waals surface area contributed by atoms with E-state index in [-0.39, 0.29) is 10.4 Å². The van der Waals surface area contributed by atoms with E-state index in [1.165, 1.54) is 0 Å². The normalized spacial score (nSPS) is 22.3. The van der Waals surface area contributed by atoms with Crippen LogP contribution in [0.3, 0.4) is 0 Å². The van der Waals surface area contributed by atoms with Gasteiger partial charge in [0.2, 0.25) is 15.0 Å². The molecule has 2 fully saturated rings. The molecule has 1 saturated carbocycles. The molecule has 2 aliphatic rings. The highest BCUT2D eigenvalue weighted by Crippen LogP contribution is 2.30. The molecule has 1 saturated heterocycles. The topological polar surface area (TPSA) is 67.7 Å². The lowest BCUT2D eigenvalue weighted by atomic mass is 10.2. The van der Waals surface area contributed by atoms with Gasteiger partial charge in [-0.25, -0.2) is 13.4 Å². The number of ether oxygens (including phenoxy) is 1. The van der Waals surface area contributed by atoms with E-state index in [2.05, 4.69) is 28.9 Å². The van der Waals surface area contributed by atoms with Crippen molar-refractivity contribution in [3.8, 4) is 0 Å². The molecule has 2 heterocycles. The fourth-order valence-corrected chi connectivity index (χ4v) is 6.27. The van der Waals surface area contributed by atoms with Crippen molar-refractivity contribution in [1.29, 1.82) is 0 Å². The molecule has 0 unspecified atom stereocenters. The molecule has 1 atom stereocenters. The molecule has 1 aliphatic carbocycles. The number of likely N-dealkylation sites (tertiary alicyclic amines) is 1. The molecular formula is C19H34N4O3S. The Kier molecular flexibility index (Phi) is 6.94. The summed E-state index contributed by atoms with van der Waals surface area (Å²) in [6.07, 6.45) is 7.24. The van der Waals surface area contributed by atoms with Crippen LogP contribution in [0.2, 0.25) is 0 Å². The first-order valence-electron chi connectivity index (χ1n) is 10.1. The number of sulfone groups is 1. The number of methoxy groups -OCH3 is 1. The second-order valence-corrected chi connectivity index (χ2v) is 10.2. The van der Waals surface area contributed by atoms with Gasteiger partial charge in [-0.05, 0) is 39.8 Å². The Hall–Kier alpha value is -0.960. The number of nitrogens with zero attached hydrogens (tertiary/aromatic N) is 4. The Labute approximate surface area is 163 Å². The minimum atomic E-state index is -3.36. The fraction of sp³-hybridized carbons (Fsp3) is 0.842. The zero-order chi connectivity index (χ0) is 19.4. The summed E-state index contributed by atoms with van der Waals surface area (Å²) in [7, 11) is 2.56. The molecule has 7 nitrogen and oxygen atoms in total. The van der Waals surface area contributed by atoms with Gasteiger partial charge in [-0.3, -0.25) is 4.90 Å². The van der Waals surface area contributed by atoms with Gasteiger partial charge in [0.25, 0.3) is 0 Å². The molecule has 27 heavy (non-hydrogen) atoms. The standard InChI is InChI=1S/C19H34N4O3S/c1-21(2)16-9-11-22(14-16)15-17-13-20-19(23(17)10-6-12-26-3)27(24,25)18-7-4-5-8-18/h13,16,18H,4-12,14-15H2,1-3H3/t16-/m1/s1. The third-order valence-electron chi connectivity index (χ3n) is 5.99. The van der Waals surface area contributed by atoms with Crippen molar-refractivity contribution in [2.75, 3.05) is 40.9 Å². The molecule has 8 heteroatoms. The van der Waals surface area contributed by atoms with Gasteiger partial charge < -0.3 is 14.2 Å². The van der Waals surface area contributed by atoms with Crippen LogP contribution >= 0.6 is 0 Å². The Balaban J connectivity index is 1.80. The first-order valence-corrected chi connectivity index (χ1v) is 11.6. The van der Waals surface area contributed by atoms with Crippen molar-refractivity contribution in [3.05, 3.63) is 11.9 Å². The zero-order valence-electron chi connectivity index (χ0n) is 16.9. The van der Waals surface area contributed by atoms with Crippen LogP contribution in [-0.4, -0.2) is 80.0 Å². The summed E-state index contributed by atoms with van der Waals surface area (Å²) in [6.45, 7) is 4.06. The van der Waals surface area contributed by atoms with Crippen LogP contribution in [0.4, 0.5) is 0 Å². The molecule has 154 valence electrons. The van der Waals surface area contributed by atoms with Gasteiger partial charge in [0, 0.05) is 45.9 Å². The third kappa shape index (κ3) is 4.72. The van der Waals surface area contributed by atoms with Gasteiger partial charge in [0.05, 0.1) is 17.1 Å². The minimum absolute atomic E-state index is 0.265. The van der Waals surface area contributed by atoms with E-state index >= 15 is 0 Å². The highest BCUT2D eigenvalue weighted by molar-refractivity contribution is 7.91. The summed E-state index contributed by atoms with van der Waals surface area (Å²) in [5, 5.41) is 0.00249. The number of imidazole rings is 1. The monoisotopic (exact) mass is 398 g/mol. The molecule has 0 bridgehead atoms. The summed E-state index contributed by atoms with van der Waals surface area (Å²) in [6, 6.07) is 0.566. The van der Waals surface area contributed by atoms with Crippen LogP contribution < -0.4 is 0 Å². The quantitative estimate of drug-likeness (QED) is 0.591. The predicted molar refractivity (Wildman–Crippen MR) is 106 cm³/mol.